The fourth-order valence-corrected chi connectivity index (χ4v) is 1.70. The minimum Gasteiger partial charge on any atom is -0.322 e. The van der Waals surface area contributed by atoms with Gasteiger partial charge in [-0.05, 0) is 48.9 Å². The van der Waals surface area contributed by atoms with E-state index >= 15 is 0 Å². The number of carbonyl (C=O) groups is 1. The lowest BCUT2D eigenvalue weighted by molar-refractivity contribution is 0.102. The van der Waals surface area contributed by atoms with Crippen LogP contribution < -0.4 is 5.32 Å². The molecule has 18 heavy (non-hydrogen) atoms. The Morgan fingerprint density at radius 2 is 1.83 bits per heavy atom. The average molecular weight is 264 g/mol. The van der Waals surface area contributed by atoms with Crippen LogP contribution in [0.25, 0.3) is 0 Å². The van der Waals surface area contributed by atoms with Gasteiger partial charge >= 0.3 is 0 Å². The molecule has 0 aliphatic heterocycles. The van der Waals surface area contributed by atoms with Crippen molar-refractivity contribution in [1.82, 2.24) is 0 Å². The summed E-state index contributed by atoms with van der Waals surface area (Å²) < 4.78 is 13.1. The lowest BCUT2D eigenvalue weighted by atomic mass is 10.1. The maximum Gasteiger partial charge on any atom is 0.256 e. The molecule has 2 rings (SSSR count). The molecule has 2 aromatic carbocycles. The van der Waals surface area contributed by atoms with Crippen LogP contribution in [0, 0.1) is 12.7 Å². The highest BCUT2D eigenvalue weighted by Gasteiger charge is 2.10. The van der Waals surface area contributed by atoms with E-state index < -0.39 is 5.82 Å². The van der Waals surface area contributed by atoms with Crippen LogP contribution in [0.3, 0.4) is 0 Å². The standard InChI is InChI=1S/C14H11ClFNO/c1-9-2-5-11(16)8-13(9)14(18)17-12-6-3-10(15)4-7-12/h2-8H,1H3,(H,17,18). The van der Waals surface area contributed by atoms with Crippen molar-refractivity contribution in [3.63, 3.8) is 0 Å². The van der Waals surface area contributed by atoms with Gasteiger partial charge in [-0.3, -0.25) is 4.79 Å². The molecule has 1 N–H and O–H groups in total. The van der Waals surface area contributed by atoms with Crippen LogP contribution >= 0.6 is 11.6 Å². The van der Waals surface area contributed by atoms with Crippen LogP contribution in [0.15, 0.2) is 42.5 Å². The number of halogens is 2. The Labute approximate surface area is 109 Å². The zero-order valence-corrected chi connectivity index (χ0v) is 10.5. The summed E-state index contributed by atoms with van der Waals surface area (Å²) in [6, 6.07) is 10.9. The van der Waals surface area contributed by atoms with Crippen LogP contribution in [0.2, 0.25) is 5.02 Å². The second-order valence-corrected chi connectivity index (χ2v) is 4.36. The summed E-state index contributed by atoms with van der Waals surface area (Å²) in [5.41, 5.74) is 1.67. The summed E-state index contributed by atoms with van der Waals surface area (Å²) in [4.78, 5) is 12.0. The highest BCUT2D eigenvalue weighted by atomic mass is 35.5. The highest BCUT2D eigenvalue weighted by molar-refractivity contribution is 6.30. The van der Waals surface area contributed by atoms with E-state index in [1.54, 1.807) is 37.3 Å². The van der Waals surface area contributed by atoms with Gasteiger partial charge in [-0.2, -0.15) is 0 Å². The van der Waals surface area contributed by atoms with Crippen molar-refractivity contribution in [2.24, 2.45) is 0 Å². The zero-order valence-electron chi connectivity index (χ0n) is 9.71. The number of anilines is 1. The van der Waals surface area contributed by atoms with Crippen molar-refractivity contribution in [2.45, 2.75) is 6.92 Å². The monoisotopic (exact) mass is 263 g/mol. The number of aryl methyl sites for hydroxylation is 1. The molecule has 0 bridgehead atoms. The van der Waals surface area contributed by atoms with Crippen LogP contribution in [0.1, 0.15) is 15.9 Å². The Morgan fingerprint density at radius 3 is 2.50 bits per heavy atom. The summed E-state index contributed by atoms with van der Waals surface area (Å²) in [7, 11) is 0. The molecule has 0 atom stereocenters. The van der Waals surface area contributed by atoms with E-state index in [4.69, 9.17) is 11.6 Å². The van der Waals surface area contributed by atoms with Gasteiger partial charge < -0.3 is 5.32 Å². The fourth-order valence-electron chi connectivity index (χ4n) is 1.57. The van der Waals surface area contributed by atoms with E-state index in [1.165, 1.54) is 12.1 Å². The smallest absolute Gasteiger partial charge is 0.256 e. The van der Waals surface area contributed by atoms with Gasteiger partial charge in [0.2, 0.25) is 0 Å². The Morgan fingerprint density at radius 1 is 1.17 bits per heavy atom. The lowest BCUT2D eigenvalue weighted by Gasteiger charge is -2.07. The number of hydrogen-bond donors (Lipinski definition) is 1. The molecule has 0 saturated heterocycles. The molecule has 92 valence electrons. The number of benzene rings is 2. The molecule has 0 aliphatic rings. The van der Waals surface area contributed by atoms with Crippen molar-refractivity contribution in [3.8, 4) is 0 Å². The van der Waals surface area contributed by atoms with Crippen molar-refractivity contribution >= 4 is 23.2 Å². The molecule has 0 aliphatic carbocycles. The molecular weight excluding hydrogens is 253 g/mol. The van der Waals surface area contributed by atoms with Gasteiger partial charge in [0.25, 0.3) is 5.91 Å². The Kier molecular flexibility index (Phi) is 3.63. The fraction of sp³-hybridized carbons (Fsp3) is 0.0714. The van der Waals surface area contributed by atoms with Crippen molar-refractivity contribution < 1.29 is 9.18 Å². The van der Waals surface area contributed by atoms with E-state index in [2.05, 4.69) is 5.32 Å². The highest BCUT2D eigenvalue weighted by Crippen LogP contribution is 2.16. The predicted octanol–water partition coefficient (Wildman–Crippen LogP) is 4.04. The molecule has 0 aromatic heterocycles. The van der Waals surface area contributed by atoms with E-state index in [1.807, 2.05) is 0 Å². The van der Waals surface area contributed by atoms with E-state index in [-0.39, 0.29) is 5.91 Å². The minimum absolute atomic E-state index is 0.324. The van der Waals surface area contributed by atoms with Gasteiger partial charge in [-0.1, -0.05) is 17.7 Å². The molecule has 2 aromatic rings. The SMILES string of the molecule is Cc1ccc(F)cc1C(=O)Nc1ccc(Cl)cc1. The molecule has 0 unspecified atom stereocenters. The first-order valence-electron chi connectivity index (χ1n) is 5.39. The molecule has 0 saturated carbocycles. The van der Waals surface area contributed by atoms with Gasteiger partial charge in [-0.15, -0.1) is 0 Å². The van der Waals surface area contributed by atoms with Crippen molar-refractivity contribution in [3.05, 3.63) is 64.4 Å². The van der Waals surface area contributed by atoms with Gasteiger partial charge in [0.15, 0.2) is 0 Å². The number of amides is 1. The first-order chi connectivity index (χ1) is 8.56. The Bertz CT molecular complexity index is 581. The summed E-state index contributed by atoms with van der Waals surface area (Å²) in [6.07, 6.45) is 0. The summed E-state index contributed by atoms with van der Waals surface area (Å²) >= 11 is 5.75. The summed E-state index contributed by atoms with van der Waals surface area (Å²) in [5.74, 6) is -0.767. The van der Waals surface area contributed by atoms with E-state index in [0.717, 1.165) is 5.56 Å². The van der Waals surface area contributed by atoms with Crippen LogP contribution in [-0.4, -0.2) is 5.91 Å². The van der Waals surface area contributed by atoms with Gasteiger partial charge in [-0.25, -0.2) is 4.39 Å². The maximum atomic E-state index is 13.1. The largest absolute Gasteiger partial charge is 0.322 e. The Hall–Kier alpha value is -1.87. The maximum absolute atomic E-state index is 13.1. The van der Waals surface area contributed by atoms with Gasteiger partial charge in [0.1, 0.15) is 5.82 Å². The predicted molar refractivity (Wildman–Crippen MR) is 70.5 cm³/mol. The van der Waals surface area contributed by atoms with Crippen LogP contribution in [0.4, 0.5) is 10.1 Å². The summed E-state index contributed by atoms with van der Waals surface area (Å²) in [5, 5.41) is 3.28. The molecule has 4 heteroatoms. The molecular formula is C14H11ClFNO. The third kappa shape index (κ3) is 2.87. The first-order valence-corrected chi connectivity index (χ1v) is 5.77. The molecule has 0 fully saturated rings. The van der Waals surface area contributed by atoms with Gasteiger partial charge in [0.05, 0.1) is 0 Å². The third-order valence-electron chi connectivity index (χ3n) is 2.55. The topological polar surface area (TPSA) is 29.1 Å². The molecule has 0 spiro atoms. The number of nitrogens with one attached hydrogen (secondary N) is 1. The second kappa shape index (κ2) is 5.19. The normalized spacial score (nSPS) is 10.2. The second-order valence-electron chi connectivity index (χ2n) is 3.92. The third-order valence-corrected chi connectivity index (χ3v) is 2.80. The van der Waals surface area contributed by atoms with Crippen molar-refractivity contribution in [2.75, 3.05) is 5.32 Å². The minimum atomic E-state index is -0.429. The lowest BCUT2D eigenvalue weighted by Crippen LogP contribution is -2.13. The average Bonchev–Trinajstić information content (AvgIpc) is 2.35. The van der Waals surface area contributed by atoms with E-state index in [0.29, 0.717) is 16.3 Å². The van der Waals surface area contributed by atoms with E-state index in [9.17, 15) is 9.18 Å². The summed E-state index contributed by atoms with van der Waals surface area (Å²) in [6.45, 7) is 1.76. The zero-order chi connectivity index (χ0) is 13.1. The number of carbonyl (C=O) groups excluding carboxylic acids is 1. The van der Waals surface area contributed by atoms with Crippen LogP contribution in [-0.2, 0) is 0 Å². The quantitative estimate of drug-likeness (QED) is 0.870. The first kappa shape index (κ1) is 12.6. The molecule has 0 radical (unpaired) electrons. The molecule has 1 amide bonds. The number of hydrogen-bond acceptors (Lipinski definition) is 1. The molecule has 2 nitrogen and oxygen atoms in total. The number of rotatable bonds is 2. The Balaban J connectivity index is 2.21. The molecule has 0 heterocycles. The van der Waals surface area contributed by atoms with Gasteiger partial charge in [0, 0.05) is 16.3 Å². The van der Waals surface area contributed by atoms with Crippen LogP contribution in [0.5, 0.6) is 0 Å². The van der Waals surface area contributed by atoms with Crippen molar-refractivity contribution in [1.29, 1.82) is 0 Å².